The van der Waals surface area contributed by atoms with E-state index in [1.807, 2.05) is 4.90 Å². The SMILES string of the molecule is COc1cc(OC)cc(-c2nc(-c3cc(N4CC[C@H](O)C4)ccc3C(F)(F)F)nc3c2CCC3)c1. The largest absolute Gasteiger partial charge is 0.497 e. The van der Waals surface area contributed by atoms with E-state index in [1.54, 1.807) is 32.4 Å². The minimum atomic E-state index is -4.57. The fourth-order valence-electron chi connectivity index (χ4n) is 4.87. The Morgan fingerprint density at radius 3 is 2.37 bits per heavy atom. The van der Waals surface area contributed by atoms with Gasteiger partial charge in [0, 0.05) is 47.2 Å². The molecule has 184 valence electrons. The van der Waals surface area contributed by atoms with Crippen molar-refractivity contribution >= 4 is 5.69 Å². The van der Waals surface area contributed by atoms with Crippen molar-refractivity contribution in [2.24, 2.45) is 0 Å². The molecule has 1 aliphatic heterocycles. The van der Waals surface area contributed by atoms with Crippen LogP contribution in [0, 0.1) is 0 Å². The van der Waals surface area contributed by atoms with Crippen LogP contribution in [0.15, 0.2) is 36.4 Å². The number of hydrogen-bond acceptors (Lipinski definition) is 6. The molecule has 6 nitrogen and oxygen atoms in total. The Morgan fingerprint density at radius 1 is 1.00 bits per heavy atom. The van der Waals surface area contributed by atoms with Crippen LogP contribution in [-0.4, -0.2) is 48.5 Å². The highest BCUT2D eigenvalue weighted by molar-refractivity contribution is 5.74. The molecule has 1 N–H and O–H groups in total. The Kier molecular flexibility index (Phi) is 6.04. The van der Waals surface area contributed by atoms with Gasteiger partial charge in [-0.05, 0) is 56.0 Å². The van der Waals surface area contributed by atoms with Crippen molar-refractivity contribution in [3.8, 4) is 34.1 Å². The van der Waals surface area contributed by atoms with Gasteiger partial charge in [-0.2, -0.15) is 13.2 Å². The molecule has 0 radical (unpaired) electrons. The molecule has 0 unspecified atom stereocenters. The molecule has 1 aromatic heterocycles. The Balaban J connectivity index is 1.70. The van der Waals surface area contributed by atoms with E-state index in [4.69, 9.17) is 14.5 Å². The van der Waals surface area contributed by atoms with Crippen LogP contribution in [-0.2, 0) is 19.0 Å². The van der Waals surface area contributed by atoms with Crippen LogP contribution in [0.5, 0.6) is 11.5 Å². The highest BCUT2D eigenvalue weighted by Gasteiger charge is 2.36. The summed E-state index contributed by atoms with van der Waals surface area (Å²) in [5, 5.41) is 9.92. The Bertz CT molecular complexity index is 1240. The molecule has 5 rings (SSSR count). The van der Waals surface area contributed by atoms with E-state index in [1.165, 1.54) is 12.1 Å². The first-order valence-electron chi connectivity index (χ1n) is 11.5. The van der Waals surface area contributed by atoms with Gasteiger partial charge in [-0.25, -0.2) is 9.97 Å². The first-order chi connectivity index (χ1) is 16.8. The van der Waals surface area contributed by atoms with Crippen LogP contribution in [0.1, 0.15) is 29.7 Å². The van der Waals surface area contributed by atoms with Gasteiger partial charge in [0.1, 0.15) is 11.5 Å². The maximum atomic E-state index is 14.1. The van der Waals surface area contributed by atoms with Crippen LogP contribution in [0.25, 0.3) is 22.6 Å². The fourth-order valence-corrected chi connectivity index (χ4v) is 4.87. The molecule has 0 amide bonds. The minimum Gasteiger partial charge on any atom is -0.497 e. The van der Waals surface area contributed by atoms with E-state index < -0.39 is 17.8 Å². The van der Waals surface area contributed by atoms with E-state index >= 15 is 0 Å². The summed E-state index contributed by atoms with van der Waals surface area (Å²) in [4.78, 5) is 11.2. The number of aliphatic hydroxyl groups excluding tert-OH is 1. The summed E-state index contributed by atoms with van der Waals surface area (Å²) in [5.41, 5.74) is 2.76. The van der Waals surface area contributed by atoms with Gasteiger partial charge < -0.3 is 19.5 Å². The Morgan fingerprint density at radius 2 is 1.74 bits per heavy atom. The molecule has 2 aliphatic rings. The second-order valence-corrected chi connectivity index (χ2v) is 8.89. The van der Waals surface area contributed by atoms with Crippen molar-refractivity contribution in [2.75, 3.05) is 32.2 Å². The molecule has 1 aliphatic carbocycles. The molecule has 0 saturated carbocycles. The van der Waals surface area contributed by atoms with Crippen LogP contribution < -0.4 is 14.4 Å². The molecule has 0 spiro atoms. The van der Waals surface area contributed by atoms with Crippen molar-refractivity contribution in [3.05, 3.63) is 53.2 Å². The van der Waals surface area contributed by atoms with Gasteiger partial charge >= 0.3 is 6.18 Å². The quantitative estimate of drug-likeness (QED) is 0.554. The maximum Gasteiger partial charge on any atom is 0.417 e. The Hall–Kier alpha value is -3.33. The summed E-state index contributed by atoms with van der Waals surface area (Å²) in [6.45, 7) is 0.955. The summed E-state index contributed by atoms with van der Waals surface area (Å²) in [6.07, 6.45) is -2.19. The van der Waals surface area contributed by atoms with Gasteiger partial charge in [-0.15, -0.1) is 0 Å². The summed E-state index contributed by atoms with van der Waals surface area (Å²) < 4.78 is 53.0. The predicted octanol–water partition coefficient (Wildman–Crippen LogP) is 4.91. The number of aliphatic hydroxyl groups is 1. The van der Waals surface area contributed by atoms with E-state index in [0.29, 0.717) is 54.4 Å². The van der Waals surface area contributed by atoms with Crippen molar-refractivity contribution in [1.29, 1.82) is 0 Å². The average Bonchev–Trinajstić information content (AvgIpc) is 3.51. The third-order valence-corrected chi connectivity index (χ3v) is 6.64. The van der Waals surface area contributed by atoms with Crippen LogP contribution >= 0.6 is 0 Å². The molecule has 3 aromatic rings. The third kappa shape index (κ3) is 4.52. The zero-order valence-electron chi connectivity index (χ0n) is 19.5. The van der Waals surface area contributed by atoms with Crippen LogP contribution in [0.3, 0.4) is 0 Å². The normalized spacial score (nSPS) is 17.5. The summed E-state index contributed by atoms with van der Waals surface area (Å²) >= 11 is 0. The summed E-state index contributed by atoms with van der Waals surface area (Å²) in [6, 6.07) is 9.38. The number of aryl methyl sites for hydroxylation is 1. The second-order valence-electron chi connectivity index (χ2n) is 8.89. The zero-order chi connectivity index (χ0) is 24.7. The predicted molar refractivity (Wildman–Crippen MR) is 126 cm³/mol. The molecule has 2 aromatic carbocycles. The number of ether oxygens (including phenoxy) is 2. The number of rotatable bonds is 5. The number of benzene rings is 2. The first-order valence-corrected chi connectivity index (χ1v) is 11.5. The van der Waals surface area contributed by atoms with Crippen molar-refractivity contribution in [2.45, 2.75) is 38.0 Å². The molecule has 0 bridgehead atoms. The number of alkyl halides is 3. The first kappa shape index (κ1) is 23.4. The number of fused-ring (bicyclic) bond motifs is 1. The van der Waals surface area contributed by atoms with Crippen LogP contribution in [0.4, 0.5) is 18.9 Å². The number of anilines is 1. The minimum absolute atomic E-state index is 0.0383. The molecular weight excluding hydrogens is 459 g/mol. The van der Waals surface area contributed by atoms with Crippen molar-refractivity contribution in [1.82, 2.24) is 9.97 Å². The zero-order valence-corrected chi connectivity index (χ0v) is 19.5. The van der Waals surface area contributed by atoms with Gasteiger partial charge in [0.25, 0.3) is 0 Å². The number of β-amino-alcohol motifs (C(OH)–C–C–N with tert-alkyl or cyclic N) is 1. The summed E-state index contributed by atoms with van der Waals surface area (Å²) in [5.74, 6) is 1.17. The average molecular weight is 486 g/mol. The monoisotopic (exact) mass is 485 g/mol. The topological polar surface area (TPSA) is 67.7 Å². The number of halogens is 3. The van der Waals surface area contributed by atoms with Gasteiger partial charge in [-0.3, -0.25) is 0 Å². The summed E-state index contributed by atoms with van der Waals surface area (Å²) in [7, 11) is 3.09. The van der Waals surface area contributed by atoms with Crippen LogP contribution in [0.2, 0.25) is 0 Å². The lowest BCUT2D eigenvalue weighted by atomic mass is 10.0. The lowest BCUT2D eigenvalue weighted by molar-refractivity contribution is -0.137. The molecule has 35 heavy (non-hydrogen) atoms. The molecule has 9 heteroatoms. The highest BCUT2D eigenvalue weighted by Crippen LogP contribution is 2.41. The lowest BCUT2D eigenvalue weighted by Crippen LogP contribution is -2.21. The standard InChI is InChI=1S/C26H26F3N3O3/c1-34-18-10-15(11-19(13-18)35-2)24-20-4-3-5-23(20)30-25(31-24)21-12-16(32-9-8-17(33)14-32)6-7-22(21)26(27,28)29/h6-7,10-13,17,33H,3-5,8-9,14H2,1-2H3/t17-/m0/s1. The van der Waals surface area contributed by atoms with Crippen molar-refractivity contribution in [3.63, 3.8) is 0 Å². The van der Waals surface area contributed by atoms with E-state index in [-0.39, 0.29) is 11.4 Å². The van der Waals surface area contributed by atoms with E-state index in [2.05, 4.69) is 4.98 Å². The highest BCUT2D eigenvalue weighted by atomic mass is 19.4. The number of methoxy groups -OCH3 is 2. The third-order valence-electron chi connectivity index (χ3n) is 6.64. The number of hydrogen-bond donors (Lipinski definition) is 1. The van der Waals surface area contributed by atoms with Gasteiger partial charge in [-0.1, -0.05) is 0 Å². The molecule has 1 saturated heterocycles. The number of nitrogens with zero attached hydrogens (tertiary/aromatic N) is 3. The fraction of sp³-hybridized carbons (Fsp3) is 0.385. The molecule has 1 atom stereocenters. The smallest absolute Gasteiger partial charge is 0.417 e. The number of aromatic nitrogens is 2. The van der Waals surface area contributed by atoms with E-state index in [0.717, 1.165) is 30.2 Å². The molecular formula is C26H26F3N3O3. The van der Waals surface area contributed by atoms with Gasteiger partial charge in [0.2, 0.25) is 0 Å². The Labute approximate surface area is 201 Å². The molecule has 1 fully saturated rings. The van der Waals surface area contributed by atoms with E-state index in [9.17, 15) is 18.3 Å². The second kappa shape index (κ2) is 9.03. The van der Waals surface area contributed by atoms with Gasteiger partial charge in [0.05, 0.1) is 31.6 Å². The maximum absolute atomic E-state index is 14.1. The lowest BCUT2D eigenvalue weighted by Gasteiger charge is -2.21. The van der Waals surface area contributed by atoms with Gasteiger partial charge in [0.15, 0.2) is 5.82 Å². The van der Waals surface area contributed by atoms with Crippen molar-refractivity contribution < 1.29 is 27.8 Å². The molecule has 2 heterocycles.